The van der Waals surface area contributed by atoms with Crippen molar-refractivity contribution in [2.45, 2.75) is 64.2 Å². The van der Waals surface area contributed by atoms with E-state index in [0.717, 1.165) is 38.8 Å². The summed E-state index contributed by atoms with van der Waals surface area (Å²) in [5.74, 6) is -0.0217. The summed E-state index contributed by atoms with van der Waals surface area (Å²) in [7, 11) is 0. The summed E-state index contributed by atoms with van der Waals surface area (Å²) in [5.41, 5.74) is 5.07. The van der Waals surface area contributed by atoms with Crippen LogP contribution in [0.1, 0.15) is 64.2 Å². The molecule has 2 N–H and O–H groups in total. The Balaban J connectivity index is 2.22. The van der Waals surface area contributed by atoms with Gasteiger partial charge in [-0.05, 0) is 25.7 Å². The van der Waals surface area contributed by atoms with Crippen LogP contribution in [0.3, 0.4) is 0 Å². The molecule has 0 unspecified atom stereocenters. The largest absolute Gasteiger partial charge is 0.370 e. The van der Waals surface area contributed by atoms with Crippen LogP contribution in [0.2, 0.25) is 0 Å². The van der Waals surface area contributed by atoms with Gasteiger partial charge in [0.25, 0.3) is 0 Å². The third-order valence-corrected chi connectivity index (χ3v) is 3.52. The minimum absolute atomic E-state index is 0.251. The molecule has 0 aliphatic carbocycles. The zero-order valence-corrected chi connectivity index (χ0v) is 11.3. The first-order valence-corrected chi connectivity index (χ1v) is 7.26. The van der Waals surface area contributed by atoms with Gasteiger partial charge in [-0.3, -0.25) is 9.59 Å². The Bertz CT molecular complexity index is 257. The molecule has 2 amide bonds. The Labute approximate surface area is 110 Å². The minimum atomic E-state index is -0.273. The number of amides is 2. The number of carbonyl (C=O) groups excluding carboxylic acids is 2. The molecule has 0 saturated carbocycles. The molecule has 1 heterocycles. The van der Waals surface area contributed by atoms with Crippen LogP contribution in [0.4, 0.5) is 0 Å². The van der Waals surface area contributed by atoms with Crippen LogP contribution in [0.25, 0.3) is 0 Å². The van der Waals surface area contributed by atoms with E-state index in [1.165, 1.54) is 25.7 Å². The van der Waals surface area contributed by atoms with Crippen molar-refractivity contribution in [2.24, 2.45) is 5.73 Å². The Morgan fingerprint density at radius 1 is 0.833 bits per heavy atom. The molecule has 0 radical (unpaired) electrons. The lowest BCUT2D eigenvalue weighted by Crippen LogP contribution is -2.32. The number of nitrogens with zero attached hydrogens (tertiary/aromatic N) is 1. The summed E-state index contributed by atoms with van der Waals surface area (Å²) in [6.45, 7) is 1.82. The van der Waals surface area contributed by atoms with Crippen LogP contribution in [0.5, 0.6) is 0 Å². The van der Waals surface area contributed by atoms with Crippen LogP contribution in [0, 0.1) is 0 Å². The number of nitrogens with two attached hydrogens (primary N) is 1. The van der Waals surface area contributed by atoms with E-state index >= 15 is 0 Å². The lowest BCUT2D eigenvalue weighted by Gasteiger charge is -2.22. The van der Waals surface area contributed by atoms with Gasteiger partial charge in [0.1, 0.15) is 0 Å². The molecule has 1 saturated heterocycles. The molecule has 1 fully saturated rings. The predicted molar refractivity (Wildman–Crippen MR) is 71.9 cm³/mol. The van der Waals surface area contributed by atoms with Crippen LogP contribution < -0.4 is 5.73 Å². The molecule has 0 spiro atoms. The molecule has 0 bridgehead atoms. The Morgan fingerprint density at radius 3 is 1.89 bits per heavy atom. The van der Waals surface area contributed by atoms with Gasteiger partial charge in [0.05, 0.1) is 0 Å². The van der Waals surface area contributed by atoms with Gasteiger partial charge in [0.15, 0.2) is 0 Å². The van der Waals surface area contributed by atoms with E-state index in [1.54, 1.807) is 0 Å². The fourth-order valence-corrected chi connectivity index (χ4v) is 2.41. The lowest BCUT2D eigenvalue weighted by molar-refractivity contribution is -0.131. The summed E-state index contributed by atoms with van der Waals surface area (Å²) in [6.07, 6.45) is 9.83. The fourth-order valence-electron chi connectivity index (χ4n) is 2.41. The van der Waals surface area contributed by atoms with E-state index in [4.69, 9.17) is 5.73 Å². The van der Waals surface area contributed by atoms with Crippen molar-refractivity contribution in [1.29, 1.82) is 0 Å². The number of rotatable bonds is 5. The van der Waals surface area contributed by atoms with E-state index in [2.05, 4.69) is 0 Å². The molecule has 0 aromatic rings. The van der Waals surface area contributed by atoms with Crippen molar-refractivity contribution >= 4 is 11.8 Å². The SMILES string of the molecule is NC(=O)CCCCC(=O)N1CCCCCCCC1. The third kappa shape index (κ3) is 6.62. The highest BCUT2D eigenvalue weighted by atomic mass is 16.2. The summed E-state index contributed by atoms with van der Waals surface area (Å²) in [4.78, 5) is 24.6. The quantitative estimate of drug-likeness (QED) is 0.765. The summed E-state index contributed by atoms with van der Waals surface area (Å²) in [6, 6.07) is 0. The second-order valence-corrected chi connectivity index (χ2v) is 5.18. The average Bonchev–Trinajstić information content (AvgIpc) is 2.47. The zero-order chi connectivity index (χ0) is 13.2. The first kappa shape index (κ1) is 15.0. The van der Waals surface area contributed by atoms with Crippen molar-refractivity contribution in [3.05, 3.63) is 0 Å². The smallest absolute Gasteiger partial charge is 0.222 e. The molecule has 4 heteroatoms. The van der Waals surface area contributed by atoms with Crippen molar-refractivity contribution in [3.63, 3.8) is 0 Å². The number of carbonyl (C=O) groups is 2. The van der Waals surface area contributed by atoms with Gasteiger partial charge < -0.3 is 10.6 Å². The van der Waals surface area contributed by atoms with Gasteiger partial charge in [-0.25, -0.2) is 0 Å². The Kier molecular flexibility index (Phi) is 7.46. The highest BCUT2D eigenvalue weighted by Crippen LogP contribution is 2.12. The second-order valence-electron chi connectivity index (χ2n) is 5.18. The molecule has 0 aromatic heterocycles. The highest BCUT2D eigenvalue weighted by Gasteiger charge is 2.13. The Hall–Kier alpha value is -1.06. The number of hydrogen-bond donors (Lipinski definition) is 1. The molecule has 1 rings (SSSR count). The van der Waals surface area contributed by atoms with Crippen molar-refractivity contribution in [3.8, 4) is 0 Å². The molecular formula is C14H26N2O2. The van der Waals surface area contributed by atoms with E-state index in [9.17, 15) is 9.59 Å². The third-order valence-electron chi connectivity index (χ3n) is 3.52. The van der Waals surface area contributed by atoms with E-state index in [0.29, 0.717) is 12.8 Å². The fraction of sp³-hybridized carbons (Fsp3) is 0.857. The maximum atomic E-state index is 12.0. The zero-order valence-electron chi connectivity index (χ0n) is 11.3. The van der Waals surface area contributed by atoms with E-state index < -0.39 is 0 Å². The van der Waals surface area contributed by atoms with Crippen LogP contribution in [-0.4, -0.2) is 29.8 Å². The molecule has 0 atom stereocenters. The molecule has 18 heavy (non-hydrogen) atoms. The molecule has 4 nitrogen and oxygen atoms in total. The van der Waals surface area contributed by atoms with Gasteiger partial charge in [0, 0.05) is 25.9 Å². The molecule has 104 valence electrons. The summed E-state index contributed by atoms with van der Waals surface area (Å²) < 4.78 is 0. The number of hydrogen-bond acceptors (Lipinski definition) is 2. The standard InChI is InChI=1S/C14H26N2O2/c15-13(17)9-5-6-10-14(18)16-11-7-3-1-2-4-8-12-16/h1-12H2,(H2,15,17). The van der Waals surface area contributed by atoms with Gasteiger partial charge in [-0.1, -0.05) is 25.7 Å². The lowest BCUT2D eigenvalue weighted by atomic mass is 10.1. The van der Waals surface area contributed by atoms with E-state index in [-0.39, 0.29) is 11.8 Å². The van der Waals surface area contributed by atoms with Gasteiger partial charge >= 0.3 is 0 Å². The maximum Gasteiger partial charge on any atom is 0.222 e. The average molecular weight is 254 g/mol. The minimum Gasteiger partial charge on any atom is -0.370 e. The normalized spacial score (nSPS) is 17.7. The molecular weight excluding hydrogens is 228 g/mol. The number of unbranched alkanes of at least 4 members (excludes halogenated alkanes) is 1. The van der Waals surface area contributed by atoms with E-state index in [1.807, 2.05) is 4.90 Å². The summed E-state index contributed by atoms with van der Waals surface area (Å²) >= 11 is 0. The van der Waals surface area contributed by atoms with Crippen LogP contribution >= 0.6 is 0 Å². The monoisotopic (exact) mass is 254 g/mol. The van der Waals surface area contributed by atoms with Crippen LogP contribution in [0.15, 0.2) is 0 Å². The topological polar surface area (TPSA) is 63.4 Å². The predicted octanol–water partition coefficient (Wildman–Crippen LogP) is 2.21. The maximum absolute atomic E-state index is 12.0. The number of primary amides is 1. The summed E-state index contributed by atoms with van der Waals surface area (Å²) in [5, 5.41) is 0. The van der Waals surface area contributed by atoms with Gasteiger partial charge in [-0.2, -0.15) is 0 Å². The first-order chi connectivity index (χ1) is 8.70. The molecule has 1 aliphatic rings. The van der Waals surface area contributed by atoms with Crippen molar-refractivity contribution in [2.75, 3.05) is 13.1 Å². The Morgan fingerprint density at radius 2 is 1.33 bits per heavy atom. The second kappa shape index (κ2) is 8.95. The van der Waals surface area contributed by atoms with Crippen molar-refractivity contribution in [1.82, 2.24) is 4.90 Å². The molecule has 1 aliphatic heterocycles. The van der Waals surface area contributed by atoms with Gasteiger partial charge in [0.2, 0.25) is 11.8 Å². The van der Waals surface area contributed by atoms with Crippen LogP contribution in [-0.2, 0) is 9.59 Å². The van der Waals surface area contributed by atoms with Gasteiger partial charge in [-0.15, -0.1) is 0 Å². The highest BCUT2D eigenvalue weighted by molar-refractivity contribution is 5.76. The molecule has 0 aromatic carbocycles. The first-order valence-electron chi connectivity index (χ1n) is 7.26. The van der Waals surface area contributed by atoms with Crippen molar-refractivity contribution < 1.29 is 9.59 Å².